The Morgan fingerprint density at radius 2 is 2.04 bits per heavy atom. The van der Waals surface area contributed by atoms with Gasteiger partial charge in [-0.15, -0.1) is 0 Å². The number of likely N-dealkylation sites (tertiary alicyclic amines) is 1. The van der Waals surface area contributed by atoms with Crippen LogP contribution in [0.4, 0.5) is 0 Å². The first-order chi connectivity index (χ1) is 11.1. The van der Waals surface area contributed by atoms with Crippen LogP contribution in [0.2, 0.25) is 0 Å². The van der Waals surface area contributed by atoms with Gasteiger partial charge in [0.05, 0.1) is 11.8 Å². The van der Waals surface area contributed by atoms with Gasteiger partial charge in [-0.1, -0.05) is 0 Å². The molecule has 1 N–H and O–H groups in total. The second kappa shape index (κ2) is 8.34. The van der Waals surface area contributed by atoms with Gasteiger partial charge in [0, 0.05) is 46.0 Å². The second-order valence-electron chi connectivity index (χ2n) is 6.14. The summed E-state index contributed by atoms with van der Waals surface area (Å²) in [5.41, 5.74) is 3.71. The molecule has 130 valence electrons. The zero-order valence-electron chi connectivity index (χ0n) is 15.2. The minimum Gasteiger partial charge on any atom is -0.378 e. The van der Waals surface area contributed by atoms with Crippen LogP contribution in [0.15, 0.2) is 4.99 Å². The summed E-state index contributed by atoms with van der Waals surface area (Å²) in [7, 11) is 3.86. The summed E-state index contributed by atoms with van der Waals surface area (Å²) in [6.07, 6.45) is 3.54. The van der Waals surface area contributed by atoms with Gasteiger partial charge in [0.2, 0.25) is 0 Å². The number of nitrogens with zero attached hydrogens (tertiary/aromatic N) is 4. The lowest BCUT2D eigenvalue weighted by Gasteiger charge is -2.34. The smallest absolute Gasteiger partial charge is 0.193 e. The molecule has 0 amide bonds. The summed E-state index contributed by atoms with van der Waals surface area (Å²) in [6, 6.07) is 0. The van der Waals surface area contributed by atoms with E-state index in [2.05, 4.69) is 41.1 Å². The largest absolute Gasteiger partial charge is 0.378 e. The Bertz CT molecular complexity index is 529. The van der Waals surface area contributed by atoms with Crippen molar-refractivity contribution >= 4 is 5.96 Å². The molecule has 0 unspecified atom stereocenters. The highest BCUT2D eigenvalue weighted by molar-refractivity contribution is 5.80. The Labute approximate surface area is 139 Å². The first-order valence-corrected chi connectivity index (χ1v) is 8.63. The average molecular weight is 321 g/mol. The molecular weight excluding hydrogens is 290 g/mol. The first-order valence-electron chi connectivity index (χ1n) is 8.63. The van der Waals surface area contributed by atoms with Crippen molar-refractivity contribution < 1.29 is 4.74 Å². The molecule has 1 aromatic heterocycles. The highest BCUT2D eigenvalue weighted by Crippen LogP contribution is 2.14. The monoisotopic (exact) mass is 321 g/mol. The maximum absolute atomic E-state index is 5.72. The van der Waals surface area contributed by atoms with E-state index in [0.29, 0.717) is 6.10 Å². The molecule has 0 saturated carbocycles. The van der Waals surface area contributed by atoms with Crippen LogP contribution in [-0.2, 0) is 18.2 Å². The highest BCUT2D eigenvalue weighted by atomic mass is 16.5. The molecule has 0 spiro atoms. The molecule has 0 aromatic carbocycles. The second-order valence-corrected chi connectivity index (χ2v) is 6.14. The van der Waals surface area contributed by atoms with Crippen LogP contribution in [0.1, 0.15) is 36.7 Å². The van der Waals surface area contributed by atoms with Gasteiger partial charge in [-0.25, -0.2) is 0 Å². The summed E-state index contributed by atoms with van der Waals surface area (Å²) in [6.45, 7) is 9.98. The van der Waals surface area contributed by atoms with Gasteiger partial charge >= 0.3 is 0 Å². The van der Waals surface area contributed by atoms with Gasteiger partial charge in [0.1, 0.15) is 0 Å². The molecule has 2 heterocycles. The summed E-state index contributed by atoms with van der Waals surface area (Å²) >= 11 is 0. The molecule has 2 rings (SSSR count). The van der Waals surface area contributed by atoms with E-state index in [9.17, 15) is 0 Å². The summed E-state index contributed by atoms with van der Waals surface area (Å²) in [5, 5.41) is 7.97. The molecule has 0 aliphatic carbocycles. The number of aryl methyl sites for hydroxylation is 2. The zero-order chi connectivity index (χ0) is 16.8. The number of piperidine rings is 1. The van der Waals surface area contributed by atoms with Gasteiger partial charge in [-0.3, -0.25) is 9.67 Å². The molecule has 1 fully saturated rings. The minimum absolute atomic E-state index is 0.412. The summed E-state index contributed by atoms with van der Waals surface area (Å²) in [5.74, 6) is 0.999. The Morgan fingerprint density at radius 3 is 2.57 bits per heavy atom. The van der Waals surface area contributed by atoms with Crippen molar-refractivity contribution in [3.05, 3.63) is 17.0 Å². The number of hydrogen-bond acceptors (Lipinski definition) is 3. The number of hydrogen-bond donors (Lipinski definition) is 1. The lowest BCUT2D eigenvalue weighted by molar-refractivity contribution is 0.0264. The van der Waals surface area contributed by atoms with Crippen molar-refractivity contribution in [3.63, 3.8) is 0 Å². The molecule has 1 aliphatic heterocycles. The SMILES string of the molecule is CCOC1CCN(C(=NC)NCCc2c(C)nn(C)c2C)CC1. The standard InChI is InChI=1S/C17H31N5O/c1-6-23-15-8-11-22(12-9-15)17(18-4)19-10-7-16-13(2)20-21(5)14(16)3/h15H,6-12H2,1-5H3,(H,18,19). The maximum Gasteiger partial charge on any atom is 0.193 e. The Morgan fingerprint density at radius 1 is 1.35 bits per heavy atom. The summed E-state index contributed by atoms with van der Waals surface area (Å²) < 4.78 is 7.67. The van der Waals surface area contributed by atoms with Crippen LogP contribution in [0, 0.1) is 13.8 Å². The zero-order valence-corrected chi connectivity index (χ0v) is 15.2. The van der Waals surface area contributed by atoms with Crippen molar-refractivity contribution in [2.24, 2.45) is 12.0 Å². The number of aliphatic imine (C=N–C) groups is 1. The van der Waals surface area contributed by atoms with E-state index in [1.54, 1.807) is 0 Å². The highest BCUT2D eigenvalue weighted by Gasteiger charge is 2.21. The predicted molar refractivity (Wildman–Crippen MR) is 94.0 cm³/mol. The quantitative estimate of drug-likeness (QED) is 0.662. The van der Waals surface area contributed by atoms with Gasteiger partial charge in [-0.05, 0) is 45.6 Å². The fourth-order valence-corrected chi connectivity index (χ4v) is 3.28. The van der Waals surface area contributed by atoms with Crippen LogP contribution >= 0.6 is 0 Å². The molecular formula is C17H31N5O. The van der Waals surface area contributed by atoms with Gasteiger partial charge in [0.25, 0.3) is 0 Å². The van der Waals surface area contributed by atoms with E-state index in [1.807, 2.05) is 18.8 Å². The van der Waals surface area contributed by atoms with E-state index in [0.717, 1.165) is 57.2 Å². The normalized spacial score (nSPS) is 16.9. The third-order valence-corrected chi connectivity index (χ3v) is 4.67. The fraction of sp³-hybridized carbons (Fsp3) is 0.765. The van der Waals surface area contributed by atoms with Crippen LogP contribution in [0.3, 0.4) is 0 Å². The lowest BCUT2D eigenvalue weighted by Crippen LogP contribution is -2.47. The molecule has 1 aromatic rings. The molecule has 1 aliphatic rings. The van der Waals surface area contributed by atoms with Crippen LogP contribution in [0.25, 0.3) is 0 Å². The Balaban J connectivity index is 1.82. The maximum atomic E-state index is 5.72. The first kappa shape index (κ1) is 17.8. The van der Waals surface area contributed by atoms with E-state index in [1.165, 1.54) is 11.3 Å². The molecule has 1 saturated heterocycles. The number of aromatic nitrogens is 2. The van der Waals surface area contributed by atoms with Crippen LogP contribution in [-0.4, -0.2) is 60.0 Å². The Hall–Kier alpha value is -1.56. The van der Waals surface area contributed by atoms with Crippen LogP contribution in [0.5, 0.6) is 0 Å². The molecule has 23 heavy (non-hydrogen) atoms. The van der Waals surface area contributed by atoms with Crippen LogP contribution < -0.4 is 5.32 Å². The third-order valence-electron chi connectivity index (χ3n) is 4.67. The molecule has 0 atom stereocenters. The van der Waals surface area contributed by atoms with Crippen molar-refractivity contribution in [1.82, 2.24) is 20.0 Å². The van der Waals surface area contributed by atoms with E-state index < -0.39 is 0 Å². The molecule has 0 radical (unpaired) electrons. The average Bonchev–Trinajstić information content (AvgIpc) is 2.79. The van der Waals surface area contributed by atoms with Crippen molar-refractivity contribution in [2.75, 3.05) is 33.3 Å². The minimum atomic E-state index is 0.412. The lowest BCUT2D eigenvalue weighted by atomic mass is 10.1. The fourth-order valence-electron chi connectivity index (χ4n) is 3.28. The topological polar surface area (TPSA) is 54.7 Å². The van der Waals surface area contributed by atoms with Gasteiger partial charge in [-0.2, -0.15) is 5.10 Å². The predicted octanol–water partition coefficient (Wildman–Crippen LogP) is 1.66. The van der Waals surface area contributed by atoms with Gasteiger partial charge < -0.3 is 15.0 Å². The van der Waals surface area contributed by atoms with E-state index >= 15 is 0 Å². The van der Waals surface area contributed by atoms with Crippen molar-refractivity contribution in [3.8, 4) is 0 Å². The van der Waals surface area contributed by atoms with E-state index in [4.69, 9.17) is 4.74 Å². The summed E-state index contributed by atoms with van der Waals surface area (Å²) in [4.78, 5) is 6.77. The number of rotatable bonds is 5. The molecule has 6 nitrogen and oxygen atoms in total. The Kier molecular flexibility index (Phi) is 6.45. The number of guanidine groups is 1. The van der Waals surface area contributed by atoms with Gasteiger partial charge in [0.15, 0.2) is 5.96 Å². The van der Waals surface area contributed by atoms with E-state index in [-0.39, 0.29) is 0 Å². The number of ether oxygens (including phenoxy) is 1. The molecule has 0 bridgehead atoms. The number of nitrogens with one attached hydrogen (secondary N) is 1. The van der Waals surface area contributed by atoms with Crippen molar-refractivity contribution in [2.45, 2.75) is 46.1 Å². The third kappa shape index (κ3) is 4.47. The van der Waals surface area contributed by atoms with Crippen molar-refractivity contribution in [1.29, 1.82) is 0 Å². The molecule has 6 heteroatoms.